The minimum atomic E-state index is -4.37. The Morgan fingerprint density at radius 1 is 1.00 bits per heavy atom. The van der Waals surface area contributed by atoms with Crippen LogP contribution in [0, 0.1) is 0 Å². The van der Waals surface area contributed by atoms with Gasteiger partial charge in [0.05, 0.1) is 11.1 Å². The number of hydrogen-bond donors (Lipinski definition) is 2. The van der Waals surface area contributed by atoms with Gasteiger partial charge in [-0.2, -0.15) is 13.2 Å². The van der Waals surface area contributed by atoms with E-state index in [1.54, 1.807) is 38.1 Å². The Morgan fingerprint density at radius 2 is 1.48 bits per heavy atom. The smallest absolute Gasteiger partial charge is 0.416 e. The van der Waals surface area contributed by atoms with Gasteiger partial charge in [-0.1, -0.05) is 12.1 Å². The van der Waals surface area contributed by atoms with Crippen LogP contribution in [0.25, 0.3) is 0 Å². The van der Waals surface area contributed by atoms with Crippen molar-refractivity contribution >= 4 is 5.91 Å². The van der Waals surface area contributed by atoms with Gasteiger partial charge in [0.15, 0.2) is 0 Å². The standard InChI is InChI=1S/C18H19F3N2O2/c1-17(2,22)16(24)23-11-12-3-7-14(8-4-12)25-15-9-5-13(6-10-15)18(19,20)21/h3-10H,11,22H2,1-2H3,(H,23,24). The van der Waals surface area contributed by atoms with E-state index in [1.807, 2.05) is 0 Å². The largest absolute Gasteiger partial charge is 0.457 e. The topological polar surface area (TPSA) is 64.4 Å². The van der Waals surface area contributed by atoms with Crippen molar-refractivity contribution in [1.29, 1.82) is 0 Å². The van der Waals surface area contributed by atoms with Gasteiger partial charge < -0.3 is 15.8 Å². The Balaban J connectivity index is 1.95. The summed E-state index contributed by atoms with van der Waals surface area (Å²) in [5, 5.41) is 2.72. The van der Waals surface area contributed by atoms with Gasteiger partial charge in [-0.25, -0.2) is 0 Å². The van der Waals surface area contributed by atoms with Gasteiger partial charge in [0, 0.05) is 6.54 Å². The molecule has 134 valence electrons. The van der Waals surface area contributed by atoms with Crippen LogP contribution in [0.15, 0.2) is 48.5 Å². The predicted molar refractivity (Wildman–Crippen MR) is 88.1 cm³/mol. The summed E-state index contributed by atoms with van der Waals surface area (Å²) in [7, 11) is 0. The maximum Gasteiger partial charge on any atom is 0.416 e. The molecule has 2 aromatic carbocycles. The average molecular weight is 352 g/mol. The van der Waals surface area contributed by atoms with Crippen molar-refractivity contribution in [2.45, 2.75) is 32.1 Å². The number of hydrogen-bond acceptors (Lipinski definition) is 3. The first-order valence-electron chi connectivity index (χ1n) is 7.57. The number of carbonyl (C=O) groups excluding carboxylic acids is 1. The summed E-state index contributed by atoms with van der Waals surface area (Å²) in [5.74, 6) is 0.519. The second-order valence-corrected chi connectivity index (χ2v) is 6.17. The van der Waals surface area contributed by atoms with E-state index in [9.17, 15) is 18.0 Å². The van der Waals surface area contributed by atoms with E-state index in [4.69, 9.17) is 10.5 Å². The molecule has 3 N–H and O–H groups in total. The molecule has 2 rings (SSSR count). The Kier molecular flexibility index (Phi) is 5.37. The van der Waals surface area contributed by atoms with Crippen LogP contribution in [0.4, 0.5) is 13.2 Å². The molecule has 0 aliphatic heterocycles. The van der Waals surface area contributed by atoms with Gasteiger partial charge in [-0.3, -0.25) is 4.79 Å². The van der Waals surface area contributed by atoms with E-state index in [-0.39, 0.29) is 5.91 Å². The minimum absolute atomic E-state index is 0.266. The number of carbonyl (C=O) groups is 1. The first-order valence-corrected chi connectivity index (χ1v) is 7.57. The van der Waals surface area contributed by atoms with Gasteiger partial charge in [0.2, 0.25) is 5.91 Å². The summed E-state index contributed by atoms with van der Waals surface area (Å²) >= 11 is 0. The van der Waals surface area contributed by atoms with Crippen LogP contribution < -0.4 is 15.8 Å². The maximum atomic E-state index is 12.5. The van der Waals surface area contributed by atoms with Crippen molar-refractivity contribution in [2.75, 3.05) is 0 Å². The molecule has 0 bridgehead atoms. The molecule has 0 heterocycles. The van der Waals surface area contributed by atoms with Crippen molar-refractivity contribution in [1.82, 2.24) is 5.32 Å². The zero-order chi connectivity index (χ0) is 18.7. The molecule has 0 saturated heterocycles. The van der Waals surface area contributed by atoms with Crippen molar-refractivity contribution in [3.63, 3.8) is 0 Å². The molecule has 0 fully saturated rings. The van der Waals surface area contributed by atoms with E-state index in [0.29, 0.717) is 18.0 Å². The maximum absolute atomic E-state index is 12.5. The van der Waals surface area contributed by atoms with Crippen LogP contribution >= 0.6 is 0 Å². The first-order chi connectivity index (χ1) is 11.6. The molecular weight excluding hydrogens is 333 g/mol. The van der Waals surface area contributed by atoms with Gasteiger partial charge >= 0.3 is 6.18 Å². The van der Waals surface area contributed by atoms with Crippen LogP contribution in [0.5, 0.6) is 11.5 Å². The highest BCUT2D eigenvalue weighted by atomic mass is 19.4. The fraction of sp³-hybridized carbons (Fsp3) is 0.278. The lowest BCUT2D eigenvalue weighted by Crippen LogP contribution is -2.48. The summed E-state index contributed by atoms with van der Waals surface area (Å²) in [6.45, 7) is 3.55. The van der Waals surface area contributed by atoms with Crippen LogP contribution in [0.1, 0.15) is 25.0 Å². The number of benzene rings is 2. The molecule has 0 unspecified atom stereocenters. The van der Waals surface area contributed by atoms with Gasteiger partial charge in [0.25, 0.3) is 0 Å². The third-order valence-corrected chi connectivity index (χ3v) is 3.38. The van der Waals surface area contributed by atoms with E-state index < -0.39 is 17.3 Å². The molecular formula is C18H19F3N2O2. The molecule has 7 heteroatoms. The number of nitrogens with one attached hydrogen (secondary N) is 1. The molecule has 0 spiro atoms. The quantitative estimate of drug-likeness (QED) is 0.859. The highest BCUT2D eigenvalue weighted by Crippen LogP contribution is 2.31. The number of alkyl halides is 3. The Labute approximate surface area is 143 Å². The molecule has 0 atom stereocenters. The summed E-state index contributed by atoms with van der Waals surface area (Å²) in [6, 6.07) is 11.3. The number of halogens is 3. The molecule has 1 amide bonds. The fourth-order valence-electron chi connectivity index (χ4n) is 1.93. The van der Waals surface area contributed by atoms with Crippen molar-refractivity contribution in [2.24, 2.45) is 5.73 Å². The van der Waals surface area contributed by atoms with Gasteiger partial charge in [0.1, 0.15) is 11.5 Å². The lowest BCUT2D eigenvalue weighted by Gasteiger charge is -2.17. The Morgan fingerprint density at radius 3 is 1.92 bits per heavy atom. The van der Waals surface area contributed by atoms with Crippen LogP contribution in [0.3, 0.4) is 0 Å². The lowest BCUT2D eigenvalue weighted by molar-refractivity contribution is -0.137. The fourth-order valence-corrected chi connectivity index (χ4v) is 1.93. The monoisotopic (exact) mass is 352 g/mol. The summed E-state index contributed by atoms with van der Waals surface area (Å²) < 4.78 is 43.1. The SMILES string of the molecule is CC(C)(N)C(=O)NCc1ccc(Oc2ccc(C(F)(F)F)cc2)cc1. The minimum Gasteiger partial charge on any atom is -0.457 e. The van der Waals surface area contributed by atoms with Crippen LogP contribution in [-0.2, 0) is 17.5 Å². The molecule has 0 saturated carbocycles. The highest BCUT2D eigenvalue weighted by molar-refractivity contribution is 5.84. The van der Waals surface area contributed by atoms with E-state index in [1.165, 1.54) is 12.1 Å². The average Bonchev–Trinajstić information content (AvgIpc) is 2.52. The normalized spacial score (nSPS) is 11.9. The number of nitrogens with two attached hydrogens (primary N) is 1. The third-order valence-electron chi connectivity index (χ3n) is 3.38. The predicted octanol–water partition coefficient (Wildman–Crippen LogP) is 3.85. The second-order valence-electron chi connectivity index (χ2n) is 6.17. The molecule has 2 aromatic rings. The molecule has 0 radical (unpaired) electrons. The van der Waals surface area contributed by atoms with Crippen LogP contribution in [0.2, 0.25) is 0 Å². The molecule has 0 aliphatic rings. The lowest BCUT2D eigenvalue weighted by atomic mass is 10.1. The van der Waals surface area contributed by atoms with Crippen molar-refractivity contribution < 1.29 is 22.7 Å². The van der Waals surface area contributed by atoms with E-state index >= 15 is 0 Å². The van der Waals surface area contributed by atoms with Crippen molar-refractivity contribution in [3.8, 4) is 11.5 Å². The summed E-state index contributed by atoms with van der Waals surface area (Å²) in [6.07, 6.45) is -4.37. The van der Waals surface area contributed by atoms with Gasteiger partial charge in [-0.05, 0) is 55.8 Å². The molecule has 25 heavy (non-hydrogen) atoms. The highest BCUT2D eigenvalue weighted by Gasteiger charge is 2.30. The number of rotatable bonds is 5. The third kappa shape index (κ3) is 5.49. The van der Waals surface area contributed by atoms with Crippen molar-refractivity contribution in [3.05, 3.63) is 59.7 Å². The zero-order valence-corrected chi connectivity index (χ0v) is 13.9. The Bertz CT molecular complexity index is 718. The summed E-state index contributed by atoms with van der Waals surface area (Å²) in [4.78, 5) is 11.7. The molecule has 0 aromatic heterocycles. The number of amides is 1. The van der Waals surface area contributed by atoms with E-state index in [0.717, 1.165) is 17.7 Å². The van der Waals surface area contributed by atoms with Crippen LogP contribution in [-0.4, -0.2) is 11.4 Å². The second kappa shape index (κ2) is 7.14. The molecule has 4 nitrogen and oxygen atoms in total. The number of ether oxygens (including phenoxy) is 1. The Hall–Kier alpha value is -2.54. The molecule has 0 aliphatic carbocycles. The summed E-state index contributed by atoms with van der Waals surface area (Å²) in [5.41, 5.74) is 4.85. The van der Waals surface area contributed by atoms with Gasteiger partial charge in [-0.15, -0.1) is 0 Å². The van der Waals surface area contributed by atoms with E-state index in [2.05, 4.69) is 5.32 Å². The zero-order valence-electron chi connectivity index (χ0n) is 13.9. The first kappa shape index (κ1) is 18.8.